The lowest BCUT2D eigenvalue weighted by atomic mass is 9.81. The van der Waals surface area contributed by atoms with Gasteiger partial charge in [-0.3, -0.25) is 4.79 Å². The summed E-state index contributed by atoms with van der Waals surface area (Å²) in [6, 6.07) is 6.12. The van der Waals surface area contributed by atoms with Crippen molar-refractivity contribution in [2.75, 3.05) is 7.11 Å². The maximum absolute atomic E-state index is 11.4. The van der Waals surface area contributed by atoms with Crippen LogP contribution < -0.4 is 4.74 Å². The van der Waals surface area contributed by atoms with Gasteiger partial charge in [0.15, 0.2) is 5.78 Å². The molecule has 2 heteroatoms. The van der Waals surface area contributed by atoms with E-state index in [1.165, 1.54) is 0 Å². The summed E-state index contributed by atoms with van der Waals surface area (Å²) in [4.78, 5) is 11.4. The number of aryl methyl sites for hydroxylation is 1. The number of hydrogen-bond acceptors (Lipinski definition) is 2. The lowest BCUT2D eigenvalue weighted by molar-refractivity contribution is -0.114. The van der Waals surface area contributed by atoms with Crippen LogP contribution in [0.3, 0.4) is 0 Å². The standard InChI is InChI=1S/C14H16O2/c1-10-6-11(8-13(7-10)16-3)14(2)5-4-12(15)9-14/h4-8H,9H2,1-3H3. The Labute approximate surface area is 95.9 Å². The first-order chi connectivity index (χ1) is 7.53. The third-order valence-corrected chi connectivity index (χ3v) is 3.12. The topological polar surface area (TPSA) is 26.3 Å². The summed E-state index contributed by atoms with van der Waals surface area (Å²) >= 11 is 0. The fourth-order valence-electron chi connectivity index (χ4n) is 2.15. The summed E-state index contributed by atoms with van der Waals surface area (Å²) in [5.74, 6) is 1.05. The van der Waals surface area contributed by atoms with Crippen molar-refractivity contribution in [2.45, 2.75) is 25.7 Å². The molecule has 1 atom stereocenters. The molecule has 1 aliphatic carbocycles. The molecule has 84 valence electrons. The normalized spacial score (nSPS) is 23.8. The second-order valence-corrected chi connectivity index (χ2v) is 4.63. The van der Waals surface area contributed by atoms with Crippen LogP contribution in [0.4, 0.5) is 0 Å². The molecule has 2 nitrogen and oxygen atoms in total. The van der Waals surface area contributed by atoms with E-state index in [0.717, 1.165) is 16.9 Å². The van der Waals surface area contributed by atoms with Crippen molar-refractivity contribution in [1.82, 2.24) is 0 Å². The van der Waals surface area contributed by atoms with Crippen molar-refractivity contribution in [2.24, 2.45) is 0 Å². The Morgan fingerprint density at radius 2 is 2.06 bits per heavy atom. The Morgan fingerprint density at radius 3 is 2.62 bits per heavy atom. The Balaban J connectivity index is 2.44. The highest BCUT2D eigenvalue weighted by atomic mass is 16.5. The molecule has 1 aromatic carbocycles. The van der Waals surface area contributed by atoms with Crippen molar-refractivity contribution in [3.8, 4) is 5.75 Å². The number of benzene rings is 1. The number of methoxy groups -OCH3 is 1. The summed E-state index contributed by atoms with van der Waals surface area (Å²) in [6.07, 6.45) is 4.22. The molecule has 0 aromatic heterocycles. The molecule has 0 heterocycles. The van der Waals surface area contributed by atoms with Gasteiger partial charge in [0, 0.05) is 11.8 Å². The van der Waals surface area contributed by atoms with E-state index in [1.807, 2.05) is 25.1 Å². The number of carbonyl (C=O) groups excluding carboxylic acids is 1. The van der Waals surface area contributed by atoms with E-state index in [0.29, 0.717) is 6.42 Å². The predicted molar refractivity (Wildman–Crippen MR) is 63.8 cm³/mol. The van der Waals surface area contributed by atoms with Gasteiger partial charge in [0.05, 0.1) is 7.11 Å². The lowest BCUT2D eigenvalue weighted by Gasteiger charge is -2.22. The average molecular weight is 216 g/mol. The molecule has 2 rings (SSSR count). The largest absolute Gasteiger partial charge is 0.497 e. The monoisotopic (exact) mass is 216 g/mol. The van der Waals surface area contributed by atoms with E-state index in [1.54, 1.807) is 13.2 Å². The maximum atomic E-state index is 11.4. The zero-order chi connectivity index (χ0) is 11.8. The summed E-state index contributed by atoms with van der Waals surface area (Å²) in [7, 11) is 1.66. The van der Waals surface area contributed by atoms with E-state index in [2.05, 4.69) is 13.0 Å². The Bertz CT molecular complexity index is 460. The van der Waals surface area contributed by atoms with Crippen LogP contribution in [-0.4, -0.2) is 12.9 Å². The highest BCUT2D eigenvalue weighted by Gasteiger charge is 2.31. The Kier molecular flexibility index (Phi) is 2.58. The average Bonchev–Trinajstić information content (AvgIpc) is 2.59. The highest BCUT2D eigenvalue weighted by Crippen LogP contribution is 2.36. The van der Waals surface area contributed by atoms with Crippen LogP contribution in [0, 0.1) is 6.92 Å². The number of carbonyl (C=O) groups is 1. The first kappa shape index (κ1) is 10.9. The minimum atomic E-state index is -0.170. The molecule has 0 saturated heterocycles. The van der Waals surface area contributed by atoms with E-state index >= 15 is 0 Å². The van der Waals surface area contributed by atoms with Crippen LogP contribution in [-0.2, 0) is 10.2 Å². The molecular weight excluding hydrogens is 200 g/mol. The third-order valence-electron chi connectivity index (χ3n) is 3.12. The molecule has 0 N–H and O–H groups in total. The number of ketones is 1. The van der Waals surface area contributed by atoms with Crippen molar-refractivity contribution in [1.29, 1.82) is 0 Å². The van der Waals surface area contributed by atoms with Crippen LogP contribution in [0.15, 0.2) is 30.4 Å². The summed E-state index contributed by atoms with van der Waals surface area (Å²) < 4.78 is 5.26. The minimum Gasteiger partial charge on any atom is -0.497 e. The van der Waals surface area contributed by atoms with Crippen molar-refractivity contribution >= 4 is 5.78 Å². The summed E-state index contributed by atoms with van der Waals surface area (Å²) in [5, 5.41) is 0. The molecule has 1 unspecified atom stereocenters. The van der Waals surface area contributed by atoms with Gasteiger partial charge >= 0.3 is 0 Å². The molecule has 1 aliphatic rings. The molecule has 0 aliphatic heterocycles. The fraction of sp³-hybridized carbons (Fsp3) is 0.357. The number of allylic oxidation sites excluding steroid dienone is 2. The van der Waals surface area contributed by atoms with E-state index in [9.17, 15) is 4.79 Å². The van der Waals surface area contributed by atoms with Crippen molar-refractivity contribution in [3.63, 3.8) is 0 Å². The zero-order valence-electron chi connectivity index (χ0n) is 9.91. The third kappa shape index (κ3) is 1.87. The van der Waals surface area contributed by atoms with Crippen LogP contribution in [0.1, 0.15) is 24.5 Å². The first-order valence-corrected chi connectivity index (χ1v) is 5.42. The zero-order valence-corrected chi connectivity index (χ0v) is 9.91. The second kappa shape index (κ2) is 3.78. The van der Waals surface area contributed by atoms with Gasteiger partial charge in [0.1, 0.15) is 5.75 Å². The number of ether oxygens (including phenoxy) is 1. The number of rotatable bonds is 2. The quantitative estimate of drug-likeness (QED) is 0.759. The number of hydrogen-bond donors (Lipinski definition) is 0. The molecule has 0 radical (unpaired) electrons. The van der Waals surface area contributed by atoms with Gasteiger partial charge in [-0.15, -0.1) is 0 Å². The SMILES string of the molecule is COc1cc(C)cc(C2(C)C=CC(=O)C2)c1. The Hall–Kier alpha value is -1.57. The van der Waals surface area contributed by atoms with Crippen LogP contribution in [0.2, 0.25) is 0 Å². The minimum absolute atomic E-state index is 0.170. The van der Waals surface area contributed by atoms with E-state index in [-0.39, 0.29) is 11.2 Å². The smallest absolute Gasteiger partial charge is 0.156 e. The highest BCUT2D eigenvalue weighted by molar-refractivity contribution is 5.94. The van der Waals surface area contributed by atoms with E-state index < -0.39 is 0 Å². The van der Waals surface area contributed by atoms with Crippen LogP contribution in [0.25, 0.3) is 0 Å². The lowest BCUT2D eigenvalue weighted by Crippen LogP contribution is -2.17. The Morgan fingerprint density at radius 1 is 1.31 bits per heavy atom. The molecular formula is C14H16O2. The van der Waals surface area contributed by atoms with Crippen molar-refractivity contribution in [3.05, 3.63) is 41.5 Å². The molecule has 0 saturated carbocycles. The van der Waals surface area contributed by atoms with Gasteiger partial charge in [0.2, 0.25) is 0 Å². The van der Waals surface area contributed by atoms with Gasteiger partial charge in [-0.2, -0.15) is 0 Å². The van der Waals surface area contributed by atoms with Gasteiger partial charge in [-0.05, 0) is 36.3 Å². The molecule has 0 amide bonds. The molecule has 0 bridgehead atoms. The fourth-order valence-corrected chi connectivity index (χ4v) is 2.15. The van der Waals surface area contributed by atoms with E-state index in [4.69, 9.17) is 4.74 Å². The molecule has 16 heavy (non-hydrogen) atoms. The van der Waals surface area contributed by atoms with Crippen molar-refractivity contribution < 1.29 is 9.53 Å². The molecule has 0 spiro atoms. The van der Waals surface area contributed by atoms with Gasteiger partial charge in [0.25, 0.3) is 0 Å². The predicted octanol–water partition coefficient (Wildman–Crippen LogP) is 2.79. The van der Waals surface area contributed by atoms with Crippen LogP contribution >= 0.6 is 0 Å². The van der Waals surface area contributed by atoms with Gasteiger partial charge < -0.3 is 4.74 Å². The molecule has 0 fully saturated rings. The van der Waals surface area contributed by atoms with Gasteiger partial charge in [-0.1, -0.05) is 19.1 Å². The summed E-state index contributed by atoms with van der Waals surface area (Å²) in [5.41, 5.74) is 2.13. The summed E-state index contributed by atoms with van der Waals surface area (Å²) in [6.45, 7) is 4.12. The van der Waals surface area contributed by atoms with Crippen LogP contribution in [0.5, 0.6) is 5.75 Å². The first-order valence-electron chi connectivity index (χ1n) is 5.42. The van der Waals surface area contributed by atoms with Gasteiger partial charge in [-0.25, -0.2) is 0 Å². The second-order valence-electron chi connectivity index (χ2n) is 4.63. The maximum Gasteiger partial charge on any atom is 0.156 e. The molecule has 1 aromatic rings.